The van der Waals surface area contributed by atoms with Crippen molar-refractivity contribution >= 4 is 10.1 Å². The molecule has 0 aromatic carbocycles. The zero-order chi connectivity index (χ0) is 11.6. The first kappa shape index (κ1) is 13.8. The summed E-state index contributed by atoms with van der Waals surface area (Å²) in [5.74, 6) is -0.783. The van der Waals surface area contributed by atoms with Gasteiger partial charge in [-0.25, -0.2) is 0 Å². The van der Waals surface area contributed by atoms with E-state index in [0.29, 0.717) is 0 Å². The van der Waals surface area contributed by atoms with Gasteiger partial charge in [0.2, 0.25) is 0 Å². The number of rotatable bonds is 5. The summed E-state index contributed by atoms with van der Waals surface area (Å²) >= 11 is 0. The second-order valence-electron chi connectivity index (χ2n) is 3.82. The van der Waals surface area contributed by atoms with E-state index < -0.39 is 20.9 Å². The summed E-state index contributed by atoms with van der Waals surface area (Å²) < 4.78 is 31.2. The number of hydrogen-bond acceptors (Lipinski definition) is 4. The molecule has 0 bridgehead atoms. The first-order valence-corrected chi connectivity index (χ1v) is 6.01. The van der Waals surface area contributed by atoms with Crippen LogP contribution in [0, 0.1) is 11.8 Å². The topological polar surface area (TPSA) is 101 Å². The summed E-state index contributed by atoms with van der Waals surface area (Å²) in [4.78, 5) is -1.75. The lowest BCUT2D eigenvalue weighted by Gasteiger charge is -2.35. The maximum absolute atomic E-state index is 11.1. The Morgan fingerprint density at radius 1 is 1.43 bits per heavy atom. The lowest BCUT2D eigenvalue weighted by atomic mass is 9.87. The van der Waals surface area contributed by atoms with Crippen LogP contribution in [0.25, 0.3) is 0 Å². The van der Waals surface area contributed by atoms with E-state index in [1.54, 1.807) is 20.8 Å². The SMILES string of the molecule is CCC(N)([C@H](CO)C(C)C)S(=O)(=O)O. The molecule has 0 spiro atoms. The Morgan fingerprint density at radius 2 is 1.86 bits per heavy atom. The molecule has 0 heterocycles. The van der Waals surface area contributed by atoms with E-state index in [-0.39, 0.29) is 18.9 Å². The third kappa shape index (κ3) is 2.44. The molecule has 0 amide bonds. The third-order valence-electron chi connectivity index (χ3n) is 2.66. The van der Waals surface area contributed by atoms with Crippen LogP contribution in [0.5, 0.6) is 0 Å². The molecule has 0 aliphatic carbocycles. The molecule has 0 rings (SSSR count). The molecule has 0 aromatic heterocycles. The van der Waals surface area contributed by atoms with Crippen LogP contribution in [0.3, 0.4) is 0 Å². The lowest BCUT2D eigenvalue weighted by molar-refractivity contribution is 0.141. The molecule has 5 nitrogen and oxygen atoms in total. The van der Waals surface area contributed by atoms with Gasteiger partial charge in [0.25, 0.3) is 10.1 Å². The Hall–Kier alpha value is -0.170. The van der Waals surface area contributed by atoms with Gasteiger partial charge in [0, 0.05) is 12.5 Å². The van der Waals surface area contributed by atoms with Gasteiger partial charge in [-0.1, -0.05) is 20.8 Å². The summed E-state index contributed by atoms with van der Waals surface area (Å²) in [6, 6.07) is 0. The monoisotopic (exact) mass is 225 g/mol. The predicted molar refractivity (Wildman–Crippen MR) is 54.2 cm³/mol. The highest BCUT2D eigenvalue weighted by Gasteiger charge is 2.45. The molecule has 0 aliphatic rings. The van der Waals surface area contributed by atoms with Gasteiger partial charge in [0.15, 0.2) is 0 Å². The van der Waals surface area contributed by atoms with Crippen molar-refractivity contribution in [3.05, 3.63) is 0 Å². The molecule has 14 heavy (non-hydrogen) atoms. The summed E-state index contributed by atoms with van der Waals surface area (Å²) in [5.41, 5.74) is 5.63. The summed E-state index contributed by atoms with van der Waals surface area (Å²) in [6.07, 6.45) is 0.0647. The van der Waals surface area contributed by atoms with Crippen LogP contribution in [0.15, 0.2) is 0 Å². The minimum Gasteiger partial charge on any atom is -0.396 e. The lowest BCUT2D eigenvalue weighted by Crippen LogP contribution is -2.56. The summed E-state index contributed by atoms with van der Waals surface area (Å²) in [6.45, 7) is 4.72. The number of nitrogens with two attached hydrogens (primary N) is 1. The highest BCUT2D eigenvalue weighted by atomic mass is 32.2. The Morgan fingerprint density at radius 3 is 1.93 bits per heavy atom. The molecule has 0 saturated carbocycles. The molecule has 0 radical (unpaired) electrons. The minimum atomic E-state index is -4.35. The van der Waals surface area contributed by atoms with Crippen molar-refractivity contribution in [2.75, 3.05) is 6.61 Å². The Kier molecular flexibility index (Phi) is 4.51. The van der Waals surface area contributed by atoms with E-state index in [9.17, 15) is 8.42 Å². The van der Waals surface area contributed by atoms with Gasteiger partial charge in [0.1, 0.15) is 4.87 Å². The van der Waals surface area contributed by atoms with Crippen LogP contribution in [0.1, 0.15) is 27.2 Å². The minimum absolute atomic E-state index is 0.0647. The van der Waals surface area contributed by atoms with Gasteiger partial charge in [-0.15, -0.1) is 0 Å². The quantitative estimate of drug-likeness (QED) is 0.580. The van der Waals surface area contributed by atoms with E-state index in [0.717, 1.165) is 0 Å². The van der Waals surface area contributed by atoms with Crippen LogP contribution in [0.4, 0.5) is 0 Å². The van der Waals surface area contributed by atoms with Crippen LogP contribution >= 0.6 is 0 Å². The number of hydrogen-bond donors (Lipinski definition) is 3. The van der Waals surface area contributed by atoms with Gasteiger partial charge in [-0.3, -0.25) is 4.55 Å². The van der Waals surface area contributed by atoms with Crippen molar-refractivity contribution in [1.29, 1.82) is 0 Å². The normalized spacial score (nSPS) is 19.4. The van der Waals surface area contributed by atoms with Crippen molar-refractivity contribution in [2.24, 2.45) is 17.6 Å². The van der Waals surface area contributed by atoms with Gasteiger partial charge >= 0.3 is 0 Å². The highest BCUT2D eigenvalue weighted by Crippen LogP contribution is 2.29. The van der Waals surface area contributed by atoms with Gasteiger partial charge in [0.05, 0.1) is 0 Å². The molecule has 4 N–H and O–H groups in total. The number of aliphatic hydroxyl groups excluding tert-OH is 1. The fourth-order valence-electron chi connectivity index (χ4n) is 1.57. The van der Waals surface area contributed by atoms with Crippen molar-refractivity contribution in [3.63, 3.8) is 0 Å². The average Bonchev–Trinajstić information content (AvgIpc) is 2.02. The zero-order valence-corrected chi connectivity index (χ0v) is 9.58. The fourth-order valence-corrected chi connectivity index (χ4v) is 2.66. The number of aliphatic hydroxyl groups is 1. The van der Waals surface area contributed by atoms with E-state index in [1.165, 1.54) is 0 Å². The fraction of sp³-hybridized carbons (Fsp3) is 1.00. The van der Waals surface area contributed by atoms with Crippen LogP contribution < -0.4 is 5.73 Å². The molecule has 1 unspecified atom stereocenters. The molecule has 2 atom stereocenters. The van der Waals surface area contributed by atoms with Gasteiger partial charge in [-0.2, -0.15) is 8.42 Å². The largest absolute Gasteiger partial charge is 0.396 e. The first-order valence-electron chi connectivity index (χ1n) is 4.57. The summed E-state index contributed by atoms with van der Waals surface area (Å²) in [7, 11) is -4.35. The molecular formula is C8H19NO4S. The standard InChI is InChI=1S/C8H19NO4S/c1-4-8(9,14(11,12)13)7(5-10)6(2)3/h6-7,10H,4-5,9H2,1-3H3,(H,11,12,13)/t7-,8?/m1/s1. The molecular weight excluding hydrogens is 206 g/mol. The molecule has 0 fully saturated rings. The van der Waals surface area contributed by atoms with Crippen molar-refractivity contribution in [2.45, 2.75) is 32.1 Å². The highest BCUT2D eigenvalue weighted by molar-refractivity contribution is 7.87. The Balaban J connectivity index is 5.22. The zero-order valence-electron chi connectivity index (χ0n) is 8.77. The van der Waals surface area contributed by atoms with Crippen molar-refractivity contribution in [1.82, 2.24) is 0 Å². The van der Waals surface area contributed by atoms with Crippen LogP contribution in [0.2, 0.25) is 0 Å². The van der Waals surface area contributed by atoms with E-state index in [4.69, 9.17) is 15.4 Å². The predicted octanol–water partition coefficient (Wildman–Crippen LogP) is 0.204. The molecule has 86 valence electrons. The van der Waals surface area contributed by atoms with Crippen LogP contribution in [-0.4, -0.2) is 29.6 Å². The second kappa shape index (κ2) is 4.57. The van der Waals surface area contributed by atoms with Crippen molar-refractivity contribution in [3.8, 4) is 0 Å². The first-order chi connectivity index (χ1) is 6.20. The van der Waals surface area contributed by atoms with E-state index >= 15 is 0 Å². The van der Waals surface area contributed by atoms with Crippen molar-refractivity contribution < 1.29 is 18.1 Å². The Bertz CT molecular complexity index is 275. The van der Waals surface area contributed by atoms with E-state index in [2.05, 4.69) is 0 Å². The van der Waals surface area contributed by atoms with E-state index in [1.807, 2.05) is 0 Å². The van der Waals surface area contributed by atoms with Crippen LogP contribution in [-0.2, 0) is 10.1 Å². The maximum atomic E-state index is 11.1. The summed E-state index contributed by atoms with van der Waals surface area (Å²) in [5, 5.41) is 9.07. The molecule has 6 heteroatoms. The molecule has 0 aromatic rings. The average molecular weight is 225 g/mol. The Labute approximate surface area is 85.1 Å². The van der Waals surface area contributed by atoms with Gasteiger partial charge in [-0.05, 0) is 12.3 Å². The maximum Gasteiger partial charge on any atom is 0.284 e. The third-order valence-corrected chi connectivity index (χ3v) is 4.21. The van der Waals surface area contributed by atoms with Gasteiger partial charge < -0.3 is 10.8 Å². The molecule has 0 saturated heterocycles. The second-order valence-corrected chi connectivity index (χ2v) is 5.53. The molecule has 0 aliphatic heterocycles. The smallest absolute Gasteiger partial charge is 0.284 e.